The quantitative estimate of drug-likeness (QED) is 0.719. The van der Waals surface area contributed by atoms with Crippen molar-refractivity contribution in [3.05, 3.63) is 66.0 Å². The number of pyridine rings is 1. The molecule has 0 N–H and O–H groups in total. The van der Waals surface area contributed by atoms with Gasteiger partial charge in [-0.05, 0) is 61.9 Å². The van der Waals surface area contributed by atoms with Crippen LogP contribution < -0.4 is 0 Å². The number of amides is 1. The third kappa shape index (κ3) is 6.47. The van der Waals surface area contributed by atoms with Gasteiger partial charge in [0, 0.05) is 45.0 Å². The highest BCUT2D eigenvalue weighted by molar-refractivity contribution is 5.76. The fourth-order valence-corrected chi connectivity index (χ4v) is 3.76. The minimum atomic E-state index is 0.309. The average molecular weight is 366 g/mol. The minimum Gasteiger partial charge on any atom is -0.343 e. The Hall–Kier alpha value is -2.20. The van der Waals surface area contributed by atoms with Crippen molar-refractivity contribution in [2.75, 3.05) is 33.2 Å². The third-order valence-electron chi connectivity index (χ3n) is 5.57. The minimum absolute atomic E-state index is 0.309. The molecule has 27 heavy (non-hydrogen) atoms. The van der Waals surface area contributed by atoms with Crippen molar-refractivity contribution < 1.29 is 4.79 Å². The number of likely N-dealkylation sites (tertiary alicyclic amines) is 1. The van der Waals surface area contributed by atoms with Crippen molar-refractivity contribution in [2.45, 2.75) is 32.1 Å². The van der Waals surface area contributed by atoms with Gasteiger partial charge in [0.25, 0.3) is 0 Å². The molecule has 1 aliphatic rings. The van der Waals surface area contributed by atoms with Gasteiger partial charge < -0.3 is 9.80 Å². The number of nitrogens with zero attached hydrogens (tertiary/aromatic N) is 3. The van der Waals surface area contributed by atoms with Crippen molar-refractivity contribution in [3.8, 4) is 0 Å². The summed E-state index contributed by atoms with van der Waals surface area (Å²) in [5.74, 6) is 1.02. The largest absolute Gasteiger partial charge is 0.343 e. The maximum absolute atomic E-state index is 12.5. The molecule has 144 valence electrons. The molecule has 1 saturated heterocycles. The van der Waals surface area contributed by atoms with Crippen LogP contribution in [0.2, 0.25) is 0 Å². The van der Waals surface area contributed by atoms with Gasteiger partial charge in [-0.3, -0.25) is 9.78 Å². The van der Waals surface area contributed by atoms with Crippen LogP contribution >= 0.6 is 0 Å². The van der Waals surface area contributed by atoms with Crippen molar-refractivity contribution in [2.24, 2.45) is 5.92 Å². The molecule has 0 aliphatic carbocycles. The van der Waals surface area contributed by atoms with Gasteiger partial charge in [-0.2, -0.15) is 0 Å². The number of carbonyl (C=O) groups excluding carboxylic acids is 1. The molecule has 1 aromatic carbocycles. The summed E-state index contributed by atoms with van der Waals surface area (Å²) in [6, 6.07) is 14.8. The normalized spacial score (nSPS) is 15.3. The predicted molar refractivity (Wildman–Crippen MR) is 110 cm³/mol. The molecule has 1 aromatic heterocycles. The monoisotopic (exact) mass is 365 g/mol. The van der Waals surface area contributed by atoms with Crippen LogP contribution in [0.1, 0.15) is 30.4 Å². The maximum atomic E-state index is 12.5. The first-order chi connectivity index (χ1) is 13.2. The van der Waals surface area contributed by atoms with Crippen LogP contribution in [0, 0.1) is 5.92 Å². The van der Waals surface area contributed by atoms with Gasteiger partial charge in [-0.15, -0.1) is 0 Å². The molecule has 0 spiro atoms. The number of rotatable bonds is 8. The Labute approximate surface area is 163 Å². The highest BCUT2D eigenvalue weighted by Crippen LogP contribution is 2.22. The molecule has 2 aromatic rings. The van der Waals surface area contributed by atoms with Gasteiger partial charge in [0.1, 0.15) is 0 Å². The summed E-state index contributed by atoms with van der Waals surface area (Å²) in [4.78, 5) is 20.9. The van der Waals surface area contributed by atoms with Crippen molar-refractivity contribution >= 4 is 5.91 Å². The van der Waals surface area contributed by atoms with E-state index >= 15 is 0 Å². The summed E-state index contributed by atoms with van der Waals surface area (Å²) in [6.45, 7) is 3.62. The number of hydrogen-bond acceptors (Lipinski definition) is 3. The van der Waals surface area contributed by atoms with E-state index in [1.165, 1.54) is 11.1 Å². The Balaban J connectivity index is 1.33. The molecule has 0 atom stereocenters. The van der Waals surface area contributed by atoms with Crippen LogP contribution in [-0.2, 0) is 17.6 Å². The number of piperidine rings is 1. The summed E-state index contributed by atoms with van der Waals surface area (Å²) in [5, 5.41) is 0. The first-order valence-electron chi connectivity index (χ1n) is 10.1. The first-order valence-corrected chi connectivity index (χ1v) is 10.1. The zero-order valence-corrected chi connectivity index (χ0v) is 16.4. The maximum Gasteiger partial charge on any atom is 0.223 e. The smallest absolute Gasteiger partial charge is 0.223 e. The third-order valence-corrected chi connectivity index (χ3v) is 5.57. The van der Waals surface area contributed by atoms with Crippen molar-refractivity contribution in [3.63, 3.8) is 0 Å². The molecule has 1 amide bonds. The fourth-order valence-electron chi connectivity index (χ4n) is 3.76. The van der Waals surface area contributed by atoms with Crippen LogP contribution in [0.4, 0.5) is 0 Å². The SMILES string of the molecule is CN(CCC(=O)N1CCC(Cc2ccccc2)CC1)CCc1ccncc1. The summed E-state index contributed by atoms with van der Waals surface area (Å²) in [6.07, 6.45) is 8.67. The van der Waals surface area contributed by atoms with Crippen molar-refractivity contribution in [1.82, 2.24) is 14.8 Å². The van der Waals surface area contributed by atoms with E-state index in [9.17, 15) is 4.79 Å². The highest BCUT2D eigenvalue weighted by Gasteiger charge is 2.22. The molecule has 0 radical (unpaired) electrons. The Kier molecular flexibility index (Phi) is 7.40. The summed E-state index contributed by atoms with van der Waals surface area (Å²) in [7, 11) is 2.10. The van der Waals surface area contributed by atoms with E-state index in [0.717, 1.165) is 51.9 Å². The molecule has 4 heteroatoms. The van der Waals surface area contributed by atoms with Crippen LogP contribution in [0.5, 0.6) is 0 Å². The second-order valence-corrected chi connectivity index (χ2v) is 7.67. The number of benzene rings is 1. The summed E-state index contributed by atoms with van der Waals surface area (Å²) < 4.78 is 0. The molecule has 0 bridgehead atoms. The first kappa shape index (κ1) is 19.6. The number of aromatic nitrogens is 1. The van der Waals surface area contributed by atoms with Gasteiger partial charge in [-0.1, -0.05) is 30.3 Å². The zero-order chi connectivity index (χ0) is 18.9. The molecular weight excluding hydrogens is 334 g/mol. The van der Waals surface area contributed by atoms with Gasteiger partial charge in [0.05, 0.1) is 0 Å². The Morgan fingerprint density at radius 1 is 1.04 bits per heavy atom. The molecule has 3 rings (SSSR count). The molecule has 0 unspecified atom stereocenters. The van der Waals surface area contributed by atoms with Gasteiger partial charge in [0.15, 0.2) is 0 Å². The lowest BCUT2D eigenvalue weighted by atomic mass is 9.90. The fraction of sp³-hybridized carbons (Fsp3) is 0.478. The Morgan fingerprint density at radius 3 is 2.44 bits per heavy atom. The topological polar surface area (TPSA) is 36.4 Å². The van der Waals surface area contributed by atoms with Crippen LogP contribution in [-0.4, -0.2) is 53.9 Å². The number of hydrogen-bond donors (Lipinski definition) is 0. The molecule has 1 aliphatic heterocycles. The van der Waals surface area contributed by atoms with Gasteiger partial charge in [-0.25, -0.2) is 0 Å². The summed E-state index contributed by atoms with van der Waals surface area (Å²) in [5.41, 5.74) is 2.71. The van der Waals surface area contributed by atoms with Crippen LogP contribution in [0.3, 0.4) is 0 Å². The van der Waals surface area contributed by atoms with E-state index in [1.54, 1.807) is 0 Å². The van der Waals surface area contributed by atoms with E-state index < -0.39 is 0 Å². The van der Waals surface area contributed by atoms with Gasteiger partial charge >= 0.3 is 0 Å². The number of likely N-dealkylation sites (N-methyl/N-ethyl adjacent to an activating group) is 1. The second kappa shape index (κ2) is 10.2. The van der Waals surface area contributed by atoms with Gasteiger partial charge in [0.2, 0.25) is 5.91 Å². The molecule has 4 nitrogen and oxygen atoms in total. The zero-order valence-electron chi connectivity index (χ0n) is 16.4. The van der Waals surface area contributed by atoms with Crippen LogP contribution in [0.15, 0.2) is 54.9 Å². The van der Waals surface area contributed by atoms with E-state index in [2.05, 4.69) is 64.3 Å². The van der Waals surface area contributed by atoms with Crippen LogP contribution in [0.25, 0.3) is 0 Å². The molecular formula is C23H31N3O. The van der Waals surface area contributed by atoms with E-state index in [-0.39, 0.29) is 0 Å². The Morgan fingerprint density at radius 2 is 1.74 bits per heavy atom. The predicted octanol–water partition coefficient (Wildman–Crippen LogP) is 3.43. The lowest BCUT2D eigenvalue weighted by molar-refractivity contribution is -0.132. The lowest BCUT2D eigenvalue weighted by Crippen LogP contribution is -2.40. The average Bonchev–Trinajstić information content (AvgIpc) is 2.72. The lowest BCUT2D eigenvalue weighted by Gasteiger charge is -2.32. The Bertz CT molecular complexity index is 681. The second-order valence-electron chi connectivity index (χ2n) is 7.67. The van der Waals surface area contributed by atoms with E-state index in [1.807, 2.05) is 12.4 Å². The molecule has 1 fully saturated rings. The standard InChI is InChI=1S/C23H31N3O/c1-25(15-9-20-7-13-24-14-8-20)16-12-23(27)26-17-10-22(11-18-26)19-21-5-3-2-4-6-21/h2-8,13-14,22H,9-12,15-19H2,1H3. The van der Waals surface area contributed by atoms with E-state index in [4.69, 9.17) is 0 Å². The number of carbonyl (C=O) groups is 1. The summed E-state index contributed by atoms with van der Waals surface area (Å²) >= 11 is 0. The molecule has 2 heterocycles. The highest BCUT2D eigenvalue weighted by atomic mass is 16.2. The van der Waals surface area contributed by atoms with E-state index in [0.29, 0.717) is 18.2 Å². The molecule has 0 saturated carbocycles. The van der Waals surface area contributed by atoms with Crippen molar-refractivity contribution in [1.29, 1.82) is 0 Å².